The number of hydrogen-bond acceptors (Lipinski definition) is 1. The molecule has 1 N–H and O–H groups in total. The van der Waals surface area contributed by atoms with Gasteiger partial charge in [-0.15, -0.1) is 0 Å². The van der Waals surface area contributed by atoms with E-state index in [1.165, 1.54) is 5.69 Å². The molecule has 1 aromatic rings. The van der Waals surface area contributed by atoms with Crippen LogP contribution in [0.25, 0.3) is 0 Å². The molecule has 0 saturated heterocycles. The van der Waals surface area contributed by atoms with Crippen molar-refractivity contribution >= 4 is 12.2 Å². The number of hydrogen-bond donors (Lipinski definition) is 1. The molecule has 0 fully saturated rings. The van der Waals surface area contributed by atoms with Crippen molar-refractivity contribution in [3.8, 4) is 0 Å². The molecule has 0 bridgehead atoms. The van der Waals surface area contributed by atoms with Crippen molar-refractivity contribution < 1.29 is 0 Å². The Hall–Kier alpha value is -0.570. The second-order valence-corrected chi connectivity index (χ2v) is 2.45. The summed E-state index contributed by atoms with van der Waals surface area (Å²) in [5.74, 6) is 0. The van der Waals surface area contributed by atoms with Crippen LogP contribution in [0.2, 0.25) is 0 Å². The largest absolute Gasteiger partial charge is 0.302 e. The zero-order valence-corrected chi connectivity index (χ0v) is 6.46. The van der Waals surface area contributed by atoms with Crippen LogP contribution >= 0.6 is 12.2 Å². The van der Waals surface area contributed by atoms with Crippen LogP contribution in [0.1, 0.15) is 12.6 Å². The number of aromatic amines is 1. The maximum Gasteiger partial charge on any atom is 0.121 e. The zero-order chi connectivity index (χ0) is 6.85. The Morgan fingerprint density at radius 2 is 2.44 bits per heavy atom. The minimum atomic E-state index is 0.867. The van der Waals surface area contributed by atoms with Gasteiger partial charge in [0.05, 0.1) is 0 Å². The number of nitrogens with one attached hydrogen (secondary N) is 1. The Balaban J connectivity index is 3.13. The fourth-order valence-electron chi connectivity index (χ4n) is 0.730. The van der Waals surface area contributed by atoms with Crippen LogP contribution < -0.4 is 0 Å². The van der Waals surface area contributed by atoms with Gasteiger partial charge in [-0.3, -0.25) is 4.68 Å². The van der Waals surface area contributed by atoms with Gasteiger partial charge in [0.1, 0.15) is 4.64 Å². The molecular formula is C6H10N2S. The Bertz CT molecular complexity index is 246. The molecule has 0 radical (unpaired) electrons. The molecule has 1 heterocycles. The monoisotopic (exact) mass is 142 g/mol. The Morgan fingerprint density at radius 1 is 1.78 bits per heavy atom. The summed E-state index contributed by atoms with van der Waals surface area (Å²) in [6, 6.07) is 1.98. The lowest BCUT2D eigenvalue weighted by molar-refractivity contribution is 0.737. The molecule has 3 heteroatoms. The highest BCUT2D eigenvalue weighted by molar-refractivity contribution is 7.71. The predicted octanol–water partition coefficient (Wildman–Crippen LogP) is 1.65. The first-order valence-electron chi connectivity index (χ1n) is 2.99. The third-order valence-corrected chi connectivity index (χ3v) is 1.71. The Labute approximate surface area is 59.5 Å². The first-order valence-corrected chi connectivity index (χ1v) is 3.39. The van der Waals surface area contributed by atoms with E-state index < -0.39 is 0 Å². The van der Waals surface area contributed by atoms with E-state index in [4.69, 9.17) is 12.2 Å². The van der Waals surface area contributed by atoms with Crippen molar-refractivity contribution in [3.05, 3.63) is 16.4 Å². The molecule has 1 rings (SSSR count). The van der Waals surface area contributed by atoms with Crippen LogP contribution in [0.3, 0.4) is 0 Å². The molecule has 50 valence electrons. The van der Waals surface area contributed by atoms with Gasteiger partial charge in [0.15, 0.2) is 0 Å². The molecule has 0 unspecified atom stereocenters. The van der Waals surface area contributed by atoms with Gasteiger partial charge in [-0.05, 0) is 12.5 Å². The topological polar surface area (TPSA) is 20.7 Å². The summed E-state index contributed by atoms with van der Waals surface area (Å²) in [5.41, 5.74) is 1.20. The molecule has 0 aliphatic rings. The highest BCUT2D eigenvalue weighted by Crippen LogP contribution is 1.96. The van der Waals surface area contributed by atoms with Crippen molar-refractivity contribution in [2.24, 2.45) is 7.05 Å². The zero-order valence-electron chi connectivity index (χ0n) is 5.64. The lowest BCUT2D eigenvalue weighted by Gasteiger charge is -1.88. The van der Waals surface area contributed by atoms with E-state index in [9.17, 15) is 0 Å². The van der Waals surface area contributed by atoms with Gasteiger partial charge < -0.3 is 5.10 Å². The summed E-state index contributed by atoms with van der Waals surface area (Å²) in [6.07, 6.45) is 1.02. The standard InChI is InChI=1S/C6H10N2S/c1-3-5-4-6(9)8(2)7-5/h4,7H,3H2,1-2H3. The summed E-state index contributed by atoms with van der Waals surface area (Å²) >= 11 is 4.97. The summed E-state index contributed by atoms with van der Waals surface area (Å²) in [7, 11) is 1.92. The number of rotatable bonds is 1. The number of aryl methyl sites for hydroxylation is 2. The quantitative estimate of drug-likeness (QED) is 0.591. The normalized spacial score (nSPS) is 10.0. The summed E-state index contributed by atoms with van der Waals surface area (Å²) in [6.45, 7) is 2.10. The SMILES string of the molecule is CCc1cc(=S)n(C)[nH]1. The minimum Gasteiger partial charge on any atom is -0.302 e. The summed E-state index contributed by atoms with van der Waals surface area (Å²) in [4.78, 5) is 0. The van der Waals surface area contributed by atoms with Crippen LogP contribution in [0, 0.1) is 4.64 Å². The van der Waals surface area contributed by atoms with Gasteiger partial charge in [0.25, 0.3) is 0 Å². The van der Waals surface area contributed by atoms with E-state index in [1.807, 2.05) is 17.8 Å². The van der Waals surface area contributed by atoms with Crippen LogP contribution in [0.5, 0.6) is 0 Å². The van der Waals surface area contributed by atoms with E-state index in [1.54, 1.807) is 0 Å². The fourth-order valence-corrected chi connectivity index (χ4v) is 0.918. The third kappa shape index (κ3) is 1.21. The molecule has 2 nitrogen and oxygen atoms in total. The first-order chi connectivity index (χ1) is 4.24. The van der Waals surface area contributed by atoms with E-state index in [0.717, 1.165) is 11.1 Å². The molecule has 0 amide bonds. The van der Waals surface area contributed by atoms with Crippen LogP contribution in [0.4, 0.5) is 0 Å². The maximum atomic E-state index is 4.97. The molecule has 1 aromatic heterocycles. The van der Waals surface area contributed by atoms with Crippen molar-refractivity contribution in [2.45, 2.75) is 13.3 Å². The highest BCUT2D eigenvalue weighted by Gasteiger charge is 1.90. The van der Waals surface area contributed by atoms with Crippen molar-refractivity contribution in [2.75, 3.05) is 0 Å². The second kappa shape index (κ2) is 2.35. The molecule has 0 spiro atoms. The molecule has 0 saturated carbocycles. The minimum absolute atomic E-state index is 0.867. The smallest absolute Gasteiger partial charge is 0.121 e. The fraction of sp³-hybridized carbons (Fsp3) is 0.500. The van der Waals surface area contributed by atoms with Gasteiger partial charge in [-0.25, -0.2) is 0 Å². The average molecular weight is 142 g/mol. The van der Waals surface area contributed by atoms with E-state index in [2.05, 4.69) is 12.0 Å². The number of aromatic nitrogens is 2. The highest BCUT2D eigenvalue weighted by atomic mass is 32.1. The lowest BCUT2D eigenvalue weighted by atomic mass is 10.4. The first kappa shape index (κ1) is 6.55. The number of H-pyrrole nitrogens is 1. The molecular weight excluding hydrogens is 132 g/mol. The van der Waals surface area contributed by atoms with E-state index >= 15 is 0 Å². The molecule has 0 aromatic carbocycles. The Morgan fingerprint density at radius 3 is 2.67 bits per heavy atom. The van der Waals surface area contributed by atoms with Gasteiger partial charge in [-0.1, -0.05) is 19.1 Å². The predicted molar refractivity (Wildman–Crippen MR) is 40.0 cm³/mol. The van der Waals surface area contributed by atoms with E-state index in [0.29, 0.717) is 0 Å². The maximum absolute atomic E-state index is 4.97. The third-order valence-electron chi connectivity index (χ3n) is 1.32. The Kier molecular flexibility index (Phi) is 1.71. The number of nitrogens with zero attached hydrogens (tertiary/aromatic N) is 1. The van der Waals surface area contributed by atoms with Crippen molar-refractivity contribution in [1.82, 2.24) is 9.78 Å². The van der Waals surface area contributed by atoms with E-state index in [-0.39, 0.29) is 0 Å². The average Bonchev–Trinajstić information content (AvgIpc) is 2.13. The van der Waals surface area contributed by atoms with Gasteiger partial charge in [-0.2, -0.15) is 0 Å². The van der Waals surface area contributed by atoms with Crippen LogP contribution in [-0.4, -0.2) is 9.78 Å². The van der Waals surface area contributed by atoms with Crippen LogP contribution in [0.15, 0.2) is 6.07 Å². The lowest BCUT2D eigenvalue weighted by Crippen LogP contribution is -1.90. The van der Waals surface area contributed by atoms with Gasteiger partial charge >= 0.3 is 0 Å². The summed E-state index contributed by atoms with van der Waals surface area (Å²) < 4.78 is 2.71. The molecule has 0 aliphatic heterocycles. The van der Waals surface area contributed by atoms with Crippen molar-refractivity contribution in [3.63, 3.8) is 0 Å². The van der Waals surface area contributed by atoms with Crippen LogP contribution in [-0.2, 0) is 13.5 Å². The van der Waals surface area contributed by atoms with Gasteiger partial charge in [0, 0.05) is 12.7 Å². The second-order valence-electron chi connectivity index (χ2n) is 2.03. The van der Waals surface area contributed by atoms with Crippen molar-refractivity contribution in [1.29, 1.82) is 0 Å². The summed E-state index contributed by atoms with van der Waals surface area (Å²) in [5, 5.41) is 3.11. The molecule has 0 aliphatic carbocycles. The molecule has 0 atom stereocenters. The molecule has 9 heavy (non-hydrogen) atoms. The van der Waals surface area contributed by atoms with Gasteiger partial charge in [0.2, 0.25) is 0 Å².